The van der Waals surface area contributed by atoms with Crippen LogP contribution in [0, 0.1) is 6.92 Å². The smallest absolute Gasteiger partial charge is 0.239 e. The van der Waals surface area contributed by atoms with Crippen LogP contribution in [0.3, 0.4) is 0 Å². The maximum absolute atomic E-state index is 12.2. The zero-order valence-corrected chi connectivity index (χ0v) is 17.2. The van der Waals surface area contributed by atoms with Crippen molar-refractivity contribution >= 4 is 40.7 Å². The number of aryl methyl sites for hydroxylation is 1. The van der Waals surface area contributed by atoms with E-state index in [0.717, 1.165) is 11.1 Å². The molecule has 0 spiro atoms. The Morgan fingerprint density at radius 3 is 2.72 bits per heavy atom. The molecule has 1 atom stereocenters. The predicted octanol–water partition coefficient (Wildman–Crippen LogP) is 5.07. The Bertz CT molecular complexity index is 1090. The topological polar surface area (TPSA) is 67.0 Å². The second-order valence-corrected chi connectivity index (χ2v) is 8.22. The van der Waals surface area contributed by atoms with Gasteiger partial charge in [0.05, 0.1) is 16.5 Å². The fraction of sp³-hybridized carbons (Fsp3) is 0.136. The Hall–Kier alpha value is -2.83. The summed E-state index contributed by atoms with van der Waals surface area (Å²) in [4.78, 5) is 12.2. The number of amidine groups is 1. The van der Waals surface area contributed by atoms with E-state index in [2.05, 4.69) is 15.5 Å². The molecule has 1 N–H and O–H groups in total. The van der Waals surface area contributed by atoms with Crippen molar-refractivity contribution in [1.29, 1.82) is 0 Å². The van der Waals surface area contributed by atoms with Crippen molar-refractivity contribution in [3.05, 3.63) is 82.6 Å². The Morgan fingerprint density at radius 2 is 1.93 bits per heavy atom. The zero-order chi connectivity index (χ0) is 20.2. The summed E-state index contributed by atoms with van der Waals surface area (Å²) in [5.41, 5.74) is 3.14. The Morgan fingerprint density at radius 1 is 1.14 bits per heavy atom. The molecule has 0 saturated carbocycles. The van der Waals surface area contributed by atoms with Crippen LogP contribution in [0.15, 0.2) is 75.3 Å². The van der Waals surface area contributed by atoms with Crippen LogP contribution in [0.4, 0.5) is 0 Å². The summed E-state index contributed by atoms with van der Waals surface area (Å²) in [6.07, 6.45) is 2.16. The van der Waals surface area contributed by atoms with Crippen LogP contribution in [0.5, 0.6) is 0 Å². The minimum absolute atomic E-state index is 0.0523. The summed E-state index contributed by atoms with van der Waals surface area (Å²) in [5, 5.41) is 11.8. The second-order valence-electron chi connectivity index (χ2n) is 6.62. The van der Waals surface area contributed by atoms with Crippen molar-refractivity contribution in [2.45, 2.75) is 18.6 Å². The van der Waals surface area contributed by atoms with Crippen LogP contribution >= 0.6 is 23.4 Å². The Balaban J connectivity index is 1.39. The molecule has 4 rings (SSSR count). The van der Waals surface area contributed by atoms with Gasteiger partial charge >= 0.3 is 0 Å². The number of benzene rings is 2. The normalized spacial score (nSPS) is 17.9. The van der Waals surface area contributed by atoms with Gasteiger partial charge in [-0.05, 0) is 43.2 Å². The fourth-order valence-corrected chi connectivity index (χ4v) is 4.08. The van der Waals surface area contributed by atoms with E-state index in [0.29, 0.717) is 28.1 Å². The molecule has 1 unspecified atom stereocenters. The standard InChI is InChI=1S/C22H18ClN3O2S/c1-14-6-8-15(9-7-14)12-20-21(27)25-22(29-20)26-24-13-16-10-11-19(28-16)17-4-2-3-5-18(17)23/h2-11,13,20H,12H2,1H3,(H,25,26,27)/b24-13+. The highest BCUT2D eigenvalue weighted by Crippen LogP contribution is 2.28. The summed E-state index contributed by atoms with van der Waals surface area (Å²) in [7, 11) is 0. The number of nitrogens with zero attached hydrogens (tertiary/aromatic N) is 2. The molecular weight excluding hydrogens is 406 g/mol. The number of furan rings is 1. The summed E-state index contributed by atoms with van der Waals surface area (Å²) >= 11 is 7.58. The van der Waals surface area contributed by atoms with Crippen molar-refractivity contribution in [3.8, 4) is 11.3 Å². The number of amides is 1. The molecule has 5 nitrogen and oxygen atoms in total. The van der Waals surface area contributed by atoms with Gasteiger partial charge in [0, 0.05) is 5.56 Å². The lowest BCUT2D eigenvalue weighted by Crippen LogP contribution is -2.25. The van der Waals surface area contributed by atoms with Crippen molar-refractivity contribution < 1.29 is 9.21 Å². The van der Waals surface area contributed by atoms with Gasteiger partial charge < -0.3 is 9.73 Å². The quantitative estimate of drug-likeness (QED) is 0.460. The van der Waals surface area contributed by atoms with Gasteiger partial charge in [0.25, 0.3) is 0 Å². The van der Waals surface area contributed by atoms with E-state index >= 15 is 0 Å². The zero-order valence-electron chi connectivity index (χ0n) is 15.6. The summed E-state index contributed by atoms with van der Waals surface area (Å²) < 4.78 is 5.75. The van der Waals surface area contributed by atoms with E-state index in [1.807, 2.05) is 61.5 Å². The minimum Gasteiger partial charge on any atom is -0.455 e. The van der Waals surface area contributed by atoms with Gasteiger partial charge in [0.2, 0.25) is 5.91 Å². The molecule has 7 heteroatoms. The largest absolute Gasteiger partial charge is 0.455 e. The first-order valence-corrected chi connectivity index (χ1v) is 10.3. The maximum Gasteiger partial charge on any atom is 0.239 e. The lowest BCUT2D eigenvalue weighted by Gasteiger charge is -2.05. The van der Waals surface area contributed by atoms with Crippen LogP contribution in [-0.4, -0.2) is 22.5 Å². The number of hydrogen-bond acceptors (Lipinski definition) is 5. The molecule has 146 valence electrons. The highest BCUT2D eigenvalue weighted by atomic mass is 35.5. The lowest BCUT2D eigenvalue weighted by atomic mass is 10.1. The van der Waals surface area contributed by atoms with Gasteiger partial charge in [-0.2, -0.15) is 5.10 Å². The van der Waals surface area contributed by atoms with Crippen LogP contribution in [-0.2, 0) is 11.2 Å². The van der Waals surface area contributed by atoms with E-state index in [9.17, 15) is 4.79 Å². The summed E-state index contributed by atoms with van der Waals surface area (Å²) in [5.74, 6) is 1.16. The molecule has 3 aromatic rings. The van der Waals surface area contributed by atoms with Gasteiger partial charge in [-0.3, -0.25) is 4.79 Å². The molecule has 1 amide bonds. The first kappa shape index (κ1) is 19.5. The number of thioether (sulfide) groups is 1. The lowest BCUT2D eigenvalue weighted by molar-refractivity contribution is -0.118. The average molecular weight is 424 g/mol. The monoisotopic (exact) mass is 423 g/mol. The number of nitrogens with one attached hydrogen (secondary N) is 1. The molecule has 1 fully saturated rings. The van der Waals surface area contributed by atoms with E-state index < -0.39 is 0 Å². The summed E-state index contributed by atoms with van der Waals surface area (Å²) in [6, 6.07) is 19.3. The van der Waals surface area contributed by atoms with Crippen molar-refractivity contribution in [2.75, 3.05) is 0 Å². The van der Waals surface area contributed by atoms with Gasteiger partial charge in [-0.15, -0.1) is 5.10 Å². The molecule has 2 heterocycles. The third-order valence-corrected chi connectivity index (χ3v) is 5.82. The summed E-state index contributed by atoms with van der Waals surface area (Å²) in [6.45, 7) is 2.04. The van der Waals surface area contributed by atoms with Crippen molar-refractivity contribution in [2.24, 2.45) is 10.2 Å². The molecule has 0 aliphatic carbocycles. The second kappa shape index (κ2) is 8.68. The molecular formula is C22H18ClN3O2S. The minimum atomic E-state index is -0.206. The third-order valence-electron chi connectivity index (χ3n) is 4.42. The van der Waals surface area contributed by atoms with E-state index in [4.69, 9.17) is 16.0 Å². The molecule has 0 radical (unpaired) electrons. The number of carbonyl (C=O) groups is 1. The first-order chi connectivity index (χ1) is 14.1. The number of hydrogen-bond donors (Lipinski definition) is 1. The highest BCUT2D eigenvalue weighted by Gasteiger charge is 2.30. The SMILES string of the molecule is Cc1ccc(CC2S/C(=N/N=C/c3ccc(-c4ccccc4Cl)o3)NC2=O)cc1. The Kier molecular flexibility index (Phi) is 5.83. The van der Waals surface area contributed by atoms with E-state index in [1.54, 1.807) is 6.07 Å². The van der Waals surface area contributed by atoms with Crippen molar-refractivity contribution in [1.82, 2.24) is 5.32 Å². The predicted molar refractivity (Wildman–Crippen MR) is 119 cm³/mol. The van der Waals surface area contributed by atoms with Gasteiger partial charge in [-0.1, -0.05) is 65.3 Å². The number of rotatable bonds is 5. The average Bonchev–Trinajstić information content (AvgIpc) is 3.31. The van der Waals surface area contributed by atoms with E-state index in [-0.39, 0.29) is 11.2 Å². The first-order valence-electron chi connectivity index (χ1n) is 9.07. The van der Waals surface area contributed by atoms with Crippen LogP contribution < -0.4 is 5.32 Å². The van der Waals surface area contributed by atoms with Crippen LogP contribution in [0.1, 0.15) is 16.9 Å². The van der Waals surface area contributed by atoms with Crippen LogP contribution in [0.2, 0.25) is 5.02 Å². The van der Waals surface area contributed by atoms with Gasteiger partial charge in [0.1, 0.15) is 11.5 Å². The fourth-order valence-electron chi connectivity index (χ4n) is 2.89. The molecule has 0 bridgehead atoms. The van der Waals surface area contributed by atoms with E-state index in [1.165, 1.54) is 23.5 Å². The van der Waals surface area contributed by atoms with Gasteiger partial charge in [-0.25, -0.2) is 0 Å². The molecule has 1 aromatic heterocycles. The Labute approximate surface area is 177 Å². The number of halogens is 1. The highest BCUT2D eigenvalue weighted by molar-refractivity contribution is 8.15. The number of carbonyl (C=O) groups excluding carboxylic acids is 1. The molecule has 1 aliphatic rings. The molecule has 1 saturated heterocycles. The maximum atomic E-state index is 12.2. The molecule has 1 aliphatic heterocycles. The van der Waals surface area contributed by atoms with Gasteiger partial charge in [0.15, 0.2) is 5.17 Å². The third kappa shape index (κ3) is 4.78. The molecule has 29 heavy (non-hydrogen) atoms. The molecule has 2 aromatic carbocycles. The van der Waals surface area contributed by atoms with Crippen LogP contribution in [0.25, 0.3) is 11.3 Å². The van der Waals surface area contributed by atoms with Crippen molar-refractivity contribution in [3.63, 3.8) is 0 Å².